The number of halogens is 2. The number of hydrogen-bond acceptors (Lipinski definition) is 0. The average molecular weight is 348 g/mol. The molecule has 0 spiro atoms. The summed E-state index contributed by atoms with van der Waals surface area (Å²) in [6.07, 6.45) is 1.97. The van der Waals surface area contributed by atoms with Crippen LogP contribution in [0.2, 0.25) is 0 Å². The standard InChI is InChI=1S/C24H22F2/c1-3-4-18-7-11-21(12-8-18)23(25)24(26)22-15-13-20(14-16-22)19-9-5-17(2)6-10-19/h5-16H,3-4H2,1-2H3/b24-23+. The fourth-order valence-corrected chi connectivity index (χ4v) is 2.91. The van der Waals surface area contributed by atoms with E-state index in [0.717, 1.165) is 29.5 Å². The van der Waals surface area contributed by atoms with Gasteiger partial charge in [0, 0.05) is 11.1 Å². The van der Waals surface area contributed by atoms with Crippen molar-refractivity contribution in [2.24, 2.45) is 0 Å². The molecule has 0 bridgehead atoms. The number of aryl methyl sites for hydroxylation is 2. The molecule has 3 aromatic carbocycles. The zero-order valence-corrected chi connectivity index (χ0v) is 15.1. The Kier molecular flexibility index (Phi) is 5.62. The zero-order valence-electron chi connectivity index (χ0n) is 15.1. The van der Waals surface area contributed by atoms with Crippen molar-refractivity contribution in [1.82, 2.24) is 0 Å². The van der Waals surface area contributed by atoms with Crippen molar-refractivity contribution in [2.45, 2.75) is 26.7 Å². The van der Waals surface area contributed by atoms with Gasteiger partial charge in [-0.25, -0.2) is 8.78 Å². The van der Waals surface area contributed by atoms with E-state index in [4.69, 9.17) is 0 Å². The molecule has 0 saturated heterocycles. The quantitative estimate of drug-likeness (QED) is 0.422. The lowest BCUT2D eigenvalue weighted by atomic mass is 10.0. The largest absolute Gasteiger partial charge is 0.203 e. The molecule has 26 heavy (non-hydrogen) atoms. The van der Waals surface area contributed by atoms with Gasteiger partial charge in [-0.2, -0.15) is 0 Å². The third kappa shape index (κ3) is 4.08. The molecule has 0 fully saturated rings. The van der Waals surface area contributed by atoms with Crippen LogP contribution in [-0.2, 0) is 6.42 Å². The summed E-state index contributed by atoms with van der Waals surface area (Å²) in [6, 6.07) is 22.0. The van der Waals surface area contributed by atoms with Crippen molar-refractivity contribution in [1.29, 1.82) is 0 Å². The topological polar surface area (TPSA) is 0 Å². The first-order valence-electron chi connectivity index (χ1n) is 8.90. The summed E-state index contributed by atoms with van der Waals surface area (Å²) >= 11 is 0. The van der Waals surface area contributed by atoms with E-state index in [2.05, 4.69) is 6.92 Å². The number of hydrogen-bond donors (Lipinski definition) is 0. The molecule has 0 aliphatic carbocycles. The molecule has 0 atom stereocenters. The molecule has 0 aliphatic rings. The molecule has 0 radical (unpaired) electrons. The lowest BCUT2D eigenvalue weighted by molar-refractivity contribution is 0.700. The summed E-state index contributed by atoms with van der Waals surface area (Å²) in [5.41, 5.74) is 4.86. The zero-order chi connectivity index (χ0) is 18.5. The highest BCUT2D eigenvalue weighted by molar-refractivity contribution is 5.83. The average Bonchev–Trinajstić information content (AvgIpc) is 2.68. The molecule has 0 unspecified atom stereocenters. The van der Waals surface area contributed by atoms with Crippen LogP contribution in [0.4, 0.5) is 8.78 Å². The van der Waals surface area contributed by atoms with E-state index in [9.17, 15) is 8.78 Å². The van der Waals surface area contributed by atoms with Gasteiger partial charge in [-0.3, -0.25) is 0 Å². The molecule has 0 aliphatic heterocycles. The van der Waals surface area contributed by atoms with Crippen LogP contribution in [0.1, 0.15) is 35.6 Å². The molecular formula is C24H22F2. The van der Waals surface area contributed by atoms with Gasteiger partial charge in [-0.15, -0.1) is 0 Å². The predicted octanol–water partition coefficient (Wildman–Crippen LogP) is 7.38. The van der Waals surface area contributed by atoms with Gasteiger partial charge in [0.15, 0.2) is 11.7 Å². The summed E-state index contributed by atoms with van der Waals surface area (Å²) in [5, 5.41) is 0. The van der Waals surface area contributed by atoms with Crippen molar-refractivity contribution >= 4 is 11.7 Å². The second-order valence-electron chi connectivity index (χ2n) is 6.52. The Morgan fingerprint density at radius 1 is 0.654 bits per heavy atom. The van der Waals surface area contributed by atoms with Crippen molar-refractivity contribution in [2.75, 3.05) is 0 Å². The number of benzene rings is 3. The smallest absolute Gasteiger partial charge is 0.166 e. The van der Waals surface area contributed by atoms with Gasteiger partial charge < -0.3 is 0 Å². The third-order valence-corrected chi connectivity index (χ3v) is 4.46. The van der Waals surface area contributed by atoms with Gasteiger partial charge in [0.25, 0.3) is 0 Å². The highest BCUT2D eigenvalue weighted by Gasteiger charge is 2.11. The van der Waals surface area contributed by atoms with Crippen molar-refractivity contribution in [3.63, 3.8) is 0 Å². The first kappa shape index (κ1) is 18.1. The molecule has 2 heteroatoms. The normalized spacial score (nSPS) is 12.0. The lowest BCUT2D eigenvalue weighted by Gasteiger charge is -2.06. The van der Waals surface area contributed by atoms with Gasteiger partial charge in [0.1, 0.15) is 0 Å². The summed E-state index contributed by atoms with van der Waals surface area (Å²) in [5.74, 6) is -1.65. The minimum absolute atomic E-state index is 0.246. The third-order valence-electron chi connectivity index (χ3n) is 4.46. The summed E-state index contributed by atoms with van der Waals surface area (Å²) in [6.45, 7) is 4.12. The molecule has 0 N–H and O–H groups in total. The minimum Gasteiger partial charge on any atom is -0.203 e. The van der Waals surface area contributed by atoms with E-state index in [-0.39, 0.29) is 11.1 Å². The van der Waals surface area contributed by atoms with Crippen LogP contribution in [0.3, 0.4) is 0 Å². The molecule has 0 nitrogen and oxygen atoms in total. The van der Waals surface area contributed by atoms with E-state index >= 15 is 0 Å². The maximum absolute atomic E-state index is 14.6. The van der Waals surface area contributed by atoms with Gasteiger partial charge in [-0.1, -0.05) is 91.7 Å². The maximum Gasteiger partial charge on any atom is 0.166 e. The molecule has 0 saturated carbocycles. The Morgan fingerprint density at radius 3 is 1.54 bits per heavy atom. The Labute approximate surface area is 153 Å². The van der Waals surface area contributed by atoms with E-state index in [1.807, 2.05) is 55.5 Å². The summed E-state index contributed by atoms with van der Waals surface area (Å²) in [4.78, 5) is 0. The van der Waals surface area contributed by atoms with Crippen LogP contribution in [0.25, 0.3) is 22.8 Å². The molecular weight excluding hydrogens is 326 g/mol. The van der Waals surface area contributed by atoms with Crippen LogP contribution >= 0.6 is 0 Å². The van der Waals surface area contributed by atoms with Gasteiger partial charge in [0.2, 0.25) is 0 Å². The van der Waals surface area contributed by atoms with E-state index in [1.54, 1.807) is 24.3 Å². The highest BCUT2D eigenvalue weighted by Crippen LogP contribution is 2.30. The molecule has 0 amide bonds. The van der Waals surface area contributed by atoms with Crippen molar-refractivity contribution < 1.29 is 8.78 Å². The summed E-state index contributed by atoms with van der Waals surface area (Å²) in [7, 11) is 0. The van der Waals surface area contributed by atoms with E-state index < -0.39 is 11.7 Å². The Morgan fingerprint density at radius 2 is 1.08 bits per heavy atom. The van der Waals surface area contributed by atoms with Gasteiger partial charge in [0.05, 0.1) is 0 Å². The highest BCUT2D eigenvalue weighted by atomic mass is 19.2. The second kappa shape index (κ2) is 8.09. The maximum atomic E-state index is 14.6. The van der Waals surface area contributed by atoms with Gasteiger partial charge in [-0.05, 0) is 30.0 Å². The molecule has 0 heterocycles. The molecule has 132 valence electrons. The Hall–Kier alpha value is -2.74. The van der Waals surface area contributed by atoms with E-state index in [0.29, 0.717) is 0 Å². The SMILES string of the molecule is CCCc1ccc(/C(F)=C(\F)c2ccc(-c3ccc(C)cc3)cc2)cc1. The Balaban J connectivity index is 1.85. The first-order valence-corrected chi connectivity index (χ1v) is 8.90. The van der Waals surface area contributed by atoms with E-state index in [1.165, 1.54) is 5.56 Å². The second-order valence-corrected chi connectivity index (χ2v) is 6.52. The fourth-order valence-electron chi connectivity index (χ4n) is 2.91. The van der Waals surface area contributed by atoms with Crippen LogP contribution < -0.4 is 0 Å². The monoisotopic (exact) mass is 348 g/mol. The first-order chi connectivity index (χ1) is 12.6. The van der Waals surface area contributed by atoms with Crippen LogP contribution in [-0.4, -0.2) is 0 Å². The number of rotatable bonds is 5. The predicted molar refractivity (Wildman–Crippen MR) is 106 cm³/mol. The molecule has 3 rings (SSSR count). The molecule has 3 aromatic rings. The van der Waals surface area contributed by atoms with Crippen LogP contribution in [0.15, 0.2) is 72.8 Å². The fraction of sp³-hybridized carbons (Fsp3) is 0.167. The summed E-state index contributed by atoms with van der Waals surface area (Å²) < 4.78 is 29.1. The van der Waals surface area contributed by atoms with Gasteiger partial charge >= 0.3 is 0 Å². The Bertz CT molecular complexity index is 886. The minimum atomic E-state index is -0.830. The lowest BCUT2D eigenvalue weighted by Crippen LogP contribution is -1.87. The molecule has 0 aromatic heterocycles. The van der Waals surface area contributed by atoms with Crippen molar-refractivity contribution in [3.05, 3.63) is 95.1 Å². The van der Waals surface area contributed by atoms with Crippen molar-refractivity contribution in [3.8, 4) is 11.1 Å². The van der Waals surface area contributed by atoms with Crippen LogP contribution in [0, 0.1) is 6.92 Å². The van der Waals surface area contributed by atoms with Crippen LogP contribution in [0.5, 0.6) is 0 Å².